The van der Waals surface area contributed by atoms with Gasteiger partial charge in [-0.3, -0.25) is 0 Å². The van der Waals surface area contributed by atoms with E-state index >= 15 is 0 Å². The normalized spacial score (nSPS) is 21.2. The summed E-state index contributed by atoms with van der Waals surface area (Å²) in [6, 6.07) is 0.153. The third-order valence-electron chi connectivity index (χ3n) is 9.90. The summed E-state index contributed by atoms with van der Waals surface area (Å²) < 4.78 is 0. The highest BCUT2D eigenvalue weighted by Gasteiger charge is 2.42. The first-order valence-corrected chi connectivity index (χ1v) is 18.8. The lowest BCUT2D eigenvalue weighted by Gasteiger charge is -2.48. The number of nitrogens with one attached hydrogen (secondary N) is 6. The minimum atomic E-state index is 0.0186. The topological polar surface area (TPSA) is 190 Å². The summed E-state index contributed by atoms with van der Waals surface area (Å²) in [4.78, 5) is 26.7. The van der Waals surface area contributed by atoms with E-state index in [4.69, 9.17) is 0 Å². The van der Waals surface area contributed by atoms with Gasteiger partial charge in [-0.25, -0.2) is 19.9 Å². The number of nitrogens with zero attached hydrogens (tertiary/aromatic N) is 6. The molecule has 0 aromatic carbocycles. The first kappa shape index (κ1) is 39.8. The Kier molecular flexibility index (Phi) is 14.0. The van der Waals surface area contributed by atoms with Gasteiger partial charge < -0.3 is 42.1 Å². The molecule has 0 amide bonds. The van der Waals surface area contributed by atoms with E-state index in [2.05, 4.69) is 117 Å². The number of rotatable bonds is 19. The Labute approximate surface area is 300 Å². The van der Waals surface area contributed by atoms with Gasteiger partial charge in [0, 0.05) is 60.5 Å². The van der Waals surface area contributed by atoms with Gasteiger partial charge in [0.1, 0.15) is 12.7 Å². The van der Waals surface area contributed by atoms with Gasteiger partial charge in [-0.05, 0) is 119 Å². The maximum Gasteiger partial charge on any atom is 0.227 e. The second-order valence-electron chi connectivity index (χ2n) is 17.2. The van der Waals surface area contributed by atoms with Crippen molar-refractivity contribution < 1.29 is 10.2 Å². The average molecular weight is 699 g/mol. The molecule has 282 valence electrons. The highest BCUT2D eigenvalue weighted by atomic mass is 16.3. The number of aliphatic hydroxyl groups excluding tert-OH is 2. The first-order valence-electron chi connectivity index (χ1n) is 18.8. The molecule has 2 aliphatic heterocycles. The van der Waals surface area contributed by atoms with Gasteiger partial charge in [-0.15, -0.1) is 0 Å². The van der Waals surface area contributed by atoms with E-state index in [1.165, 1.54) is 0 Å². The Morgan fingerprint density at radius 1 is 0.580 bits per heavy atom. The van der Waals surface area contributed by atoms with Crippen molar-refractivity contribution in [3.8, 4) is 0 Å². The average Bonchev–Trinajstić information content (AvgIpc) is 2.99. The third kappa shape index (κ3) is 13.0. The lowest BCUT2D eigenvalue weighted by molar-refractivity contribution is 0.109. The minimum Gasteiger partial charge on any atom is -0.396 e. The molecule has 4 rings (SSSR count). The molecule has 50 heavy (non-hydrogen) atoms. The number of aromatic nitrogens is 6. The van der Waals surface area contributed by atoms with Crippen LogP contribution in [-0.2, 0) is 0 Å². The second-order valence-corrected chi connectivity index (χ2v) is 17.2. The van der Waals surface area contributed by atoms with Crippen molar-refractivity contribution in [1.29, 1.82) is 0 Å². The molecular formula is C36H66N12O2. The summed E-state index contributed by atoms with van der Waals surface area (Å²) >= 11 is 0. The van der Waals surface area contributed by atoms with Crippen molar-refractivity contribution in [2.24, 2.45) is 11.8 Å². The number of piperidine rings is 2. The molecule has 2 aromatic rings. The molecule has 4 heterocycles. The summed E-state index contributed by atoms with van der Waals surface area (Å²) in [5.41, 5.74) is 0.0745. The molecule has 2 atom stereocenters. The number of hydrogen-bond acceptors (Lipinski definition) is 14. The molecule has 2 unspecified atom stereocenters. The van der Waals surface area contributed by atoms with Crippen LogP contribution in [0.5, 0.6) is 0 Å². The van der Waals surface area contributed by atoms with Crippen LogP contribution >= 0.6 is 0 Å². The molecule has 0 bridgehead atoms. The van der Waals surface area contributed by atoms with Crippen molar-refractivity contribution in [2.45, 2.75) is 154 Å². The summed E-state index contributed by atoms with van der Waals surface area (Å²) in [5, 5.41) is 40.8. The quantitative estimate of drug-likeness (QED) is 0.0952. The molecule has 8 N–H and O–H groups in total. The molecule has 2 aromatic heterocycles. The maximum absolute atomic E-state index is 9.82. The van der Waals surface area contributed by atoms with E-state index in [1.807, 2.05) is 0 Å². The second kappa shape index (κ2) is 17.5. The Hall–Kier alpha value is -2.94. The highest BCUT2D eigenvalue weighted by Crippen LogP contribution is 2.37. The Morgan fingerprint density at radius 3 is 1.26 bits per heavy atom. The van der Waals surface area contributed by atoms with Crippen LogP contribution in [0.4, 0.5) is 23.8 Å². The van der Waals surface area contributed by atoms with E-state index in [1.54, 1.807) is 12.7 Å². The predicted octanol–water partition coefficient (Wildman–Crippen LogP) is 4.58. The van der Waals surface area contributed by atoms with E-state index in [0.717, 1.165) is 64.5 Å². The van der Waals surface area contributed by atoms with Crippen molar-refractivity contribution in [3.05, 3.63) is 12.7 Å². The summed E-state index contributed by atoms with van der Waals surface area (Å²) in [6.07, 6.45) is 12.5. The summed E-state index contributed by atoms with van der Waals surface area (Å²) in [6.45, 7) is 19.7. The molecule has 0 aliphatic carbocycles. The third-order valence-corrected chi connectivity index (χ3v) is 9.90. The van der Waals surface area contributed by atoms with E-state index in [0.29, 0.717) is 48.5 Å². The smallest absolute Gasteiger partial charge is 0.227 e. The Bertz CT molecular complexity index is 1190. The van der Waals surface area contributed by atoms with Crippen LogP contribution in [0.1, 0.15) is 120 Å². The minimum absolute atomic E-state index is 0.0186. The number of aliphatic hydroxyl groups is 2. The number of hydrogen-bond donors (Lipinski definition) is 8. The van der Waals surface area contributed by atoms with E-state index < -0.39 is 0 Å². The molecule has 2 fully saturated rings. The number of anilines is 4. The largest absolute Gasteiger partial charge is 0.396 e. The molecule has 0 saturated carbocycles. The summed E-state index contributed by atoms with van der Waals surface area (Å²) in [7, 11) is 0. The van der Waals surface area contributed by atoms with Crippen LogP contribution < -0.4 is 31.9 Å². The van der Waals surface area contributed by atoms with E-state index in [9.17, 15) is 10.2 Å². The van der Waals surface area contributed by atoms with Crippen LogP contribution in [0.25, 0.3) is 0 Å². The first-order chi connectivity index (χ1) is 23.6. The van der Waals surface area contributed by atoms with E-state index in [-0.39, 0.29) is 47.5 Å². The van der Waals surface area contributed by atoms with Gasteiger partial charge in [-0.1, -0.05) is 12.8 Å². The van der Waals surface area contributed by atoms with Gasteiger partial charge in [0.25, 0.3) is 0 Å². The van der Waals surface area contributed by atoms with Gasteiger partial charge in [0.05, 0.1) is 0 Å². The van der Waals surface area contributed by atoms with Crippen molar-refractivity contribution in [2.75, 3.05) is 47.6 Å². The van der Waals surface area contributed by atoms with Crippen molar-refractivity contribution in [1.82, 2.24) is 40.5 Å². The molecule has 0 radical (unpaired) electrons. The van der Waals surface area contributed by atoms with Crippen LogP contribution in [0.2, 0.25) is 0 Å². The predicted molar refractivity (Wildman–Crippen MR) is 201 cm³/mol. The zero-order chi connectivity index (χ0) is 36.4. The lowest BCUT2D eigenvalue weighted by Crippen LogP contribution is -2.60. The van der Waals surface area contributed by atoms with Crippen molar-refractivity contribution >= 4 is 23.8 Å². The molecule has 2 saturated heterocycles. The van der Waals surface area contributed by atoms with Gasteiger partial charge >= 0.3 is 0 Å². The SMILES string of the molecule is CC1(C)CC(C(CCO)Nc2ncnc(NCCCCCCNc3ncnc(NC(CCO)C4CC(C)(C)NC(C)(C)C4)n3)n2)CC(C)(C)N1. The van der Waals surface area contributed by atoms with Crippen LogP contribution in [0.3, 0.4) is 0 Å². The van der Waals surface area contributed by atoms with Crippen LogP contribution in [0, 0.1) is 11.8 Å². The Balaban J connectivity index is 1.16. The number of unbranched alkanes of at least 4 members (excludes halogenated alkanes) is 3. The monoisotopic (exact) mass is 699 g/mol. The fourth-order valence-electron chi connectivity index (χ4n) is 8.74. The standard InChI is InChI=1S/C36H66N12O2/c1-33(2)19-25(20-34(3,4)47-33)27(13-17-49)43-31-41-23-39-29(45-31)37-15-11-9-10-12-16-38-30-40-24-42-32(46-30)44-28(14-18-50)26-21-35(5,6)48-36(7,8)22-26/h23-28,47-50H,9-22H2,1-8H3,(H2,37,39,41,43,45)(H2,38,40,42,44,46). The molecule has 14 heteroatoms. The highest BCUT2D eigenvalue weighted by molar-refractivity contribution is 5.35. The van der Waals surface area contributed by atoms with Gasteiger partial charge in [0.2, 0.25) is 23.8 Å². The molecule has 2 aliphatic rings. The van der Waals surface area contributed by atoms with Gasteiger partial charge in [0.15, 0.2) is 0 Å². The fraction of sp³-hybridized carbons (Fsp3) is 0.833. The van der Waals surface area contributed by atoms with Crippen LogP contribution in [-0.4, -0.2) is 101 Å². The van der Waals surface area contributed by atoms with Gasteiger partial charge in [-0.2, -0.15) is 9.97 Å². The molecule has 14 nitrogen and oxygen atoms in total. The molecule has 0 spiro atoms. The van der Waals surface area contributed by atoms with Crippen LogP contribution in [0.15, 0.2) is 12.7 Å². The summed E-state index contributed by atoms with van der Waals surface area (Å²) in [5.74, 6) is 2.97. The van der Waals surface area contributed by atoms with Crippen molar-refractivity contribution in [3.63, 3.8) is 0 Å². The zero-order valence-electron chi connectivity index (χ0n) is 31.9. The zero-order valence-corrected chi connectivity index (χ0v) is 31.9. The molecular weight excluding hydrogens is 632 g/mol. The lowest BCUT2D eigenvalue weighted by atomic mass is 9.72. The maximum atomic E-state index is 9.82. The Morgan fingerprint density at radius 2 is 0.920 bits per heavy atom. The fourth-order valence-corrected chi connectivity index (χ4v) is 8.74.